The highest BCUT2D eigenvalue weighted by molar-refractivity contribution is 7.47. The Labute approximate surface area is 310 Å². The predicted molar refractivity (Wildman–Crippen MR) is 210 cm³/mol. The van der Waals surface area contributed by atoms with E-state index in [9.17, 15) is 24.2 Å². The summed E-state index contributed by atoms with van der Waals surface area (Å²) in [4.78, 5) is 33.8. The summed E-state index contributed by atoms with van der Waals surface area (Å²) in [6, 6.07) is 0. The first-order valence-electron chi connectivity index (χ1n) is 19.4. The lowest BCUT2D eigenvalue weighted by Crippen LogP contribution is -2.27. The third-order valence-corrected chi connectivity index (χ3v) is 8.62. The molecule has 0 spiro atoms. The van der Waals surface area contributed by atoms with Gasteiger partial charge in [-0.05, 0) is 77.0 Å². The van der Waals surface area contributed by atoms with Crippen molar-refractivity contribution in [3.63, 3.8) is 0 Å². The molecule has 0 aromatic carbocycles. The molecule has 3 N–H and O–H groups in total. The number of hydrogen-bond donors (Lipinski definition) is 3. The van der Waals surface area contributed by atoms with Gasteiger partial charge in [-0.15, -0.1) is 0 Å². The average Bonchev–Trinajstić information content (AvgIpc) is 3.11. The fourth-order valence-corrected chi connectivity index (χ4v) is 5.52. The summed E-state index contributed by atoms with van der Waals surface area (Å²) >= 11 is 0. The van der Waals surface area contributed by atoms with Crippen molar-refractivity contribution < 1.29 is 37.9 Å². The molecule has 10 heteroatoms. The number of nitrogens with one attached hydrogen (secondary N) is 1. The second-order valence-electron chi connectivity index (χ2n) is 12.5. The minimum absolute atomic E-state index is 0.0658. The third-order valence-electron chi connectivity index (χ3n) is 7.63. The van der Waals surface area contributed by atoms with E-state index >= 15 is 0 Å². The van der Waals surface area contributed by atoms with Gasteiger partial charge in [0, 0.05) is 19.4 Å². The van der Waals surface area contributed by atoms with E-state index < -0.39 is 26.5 Å². The number of aliphatic hydroxyl groups is 1. The van der Waals surface area contributed by atoms with Gasteiger partial charge in [0.2, 0.25) is 5.91 Å². The molecule has 9 nitrogen and oxygen atoms in total. The summed E-state index contributed by atoms with van der Waals surface area (Å²) in [5.74, 6) is -0.559. The topological polar surface area (TPSA) is 131 Å². The molecule has 0 aromatic rings. The second kappa shape index (κ2) is 37.2. The molecule has 1 amide bonds. The van der Waals surface area contributed by atoms with Crippen molar-refractivity contribution in [2.24, 2.45) is 0 Å². The minimum Gasteiger partial charge on any atom is -0.463 e. The Hall–Kier alpha value is -2.55. The zero-order chi connectivity index (χ0) is 37.5. The van der Waals surface area contributed by atoms with Crippen LogP contribution in [0, 0.1) is 0 Å². The van der Waals surface area contributed by atoms with Gasteiger partial charge in [-0.2, -0.15) is 0 Å². The van der Waals surface area contributed by atoms with E-state index in [0.29, 0.717) is 12.8 Å². The van der Waals surface area contributed by atoms with Crippen LogP contribution >= 0.6 is 7.82 Å². The van der Waals surface area contributed by atoms with Gasteiger partial charge < -0.3 is 20.1 Å². The number of carbonyl (C=O) groups excluding carboxylic acids is 2. The number of ether oxygens (including phenoxy) is 1. The lowest BCUT2D eigenvalue weighted by molar-refractivity contribution is -0.147. The number of allylic oxidation sites excluding steroid dienone is 12. The van der Waals surface area contributed by atoms with Gasteiger partial charge in [0.1, 0.15) is 12.7 Å². The fourth-order valence-electron chi connectivity index (χ4n) is 4.76. The monoisotopic (exact) mass is 735 g/mol. The number of hydrogen-bond acceptors (Lipinski definition) is 7. The number of phosphoric acid groups is 1. The molecular formula is C41H70NO8P. The maximum atomic E-state index is 12.1. The summed E-state index contributed by atoms with van der Waals surface area (Å²) in [5.41, 5.74) is 0. The van der Waals surface area contributed by atoms with Gasteiger partial charge in [-0.1, -0.05) is 125 Å². The normalized spacial score (nSPS) is 14.2. The lowest BCUT2D eigenvalue weighted by Gasteiger charge is -2.15. The first-order valence-corrected chi connectivity index (χ1v) is 20.9. The van der Waals surface area contributed by atoms with Gasteiger partial charge >= 0.3 is 13.8 Å². The highest BCUT2D eigenvalue weighted by Crippen LogP contribution is 2.42. The molecule has 0 aliphatic carbocycles. The van der Waals surface area contributed by atoms with Crippen molar-refractivity contribution in [3.05, 3.63) is 72.9 Å². The molecule has 0 aliphatic heterocycles. The maximum absolute atomic E-state index is 12.1. The summed E-state index contributed by atoms with van der Waals surface area (Å²) < 4.78 is 26.8. The number of unbranched alkanes of at least 4 members (excludes halogenated alkanes) is 10. The Morgan fingerprint density at radius 1 is 0.608 bits per heavy atom. The van der Waals surface area contributed by atoms with Crippen LogP contribution in [0.3, 0.4) is 0 Å². The molecule has 2 unspecified atom stereocenters. The molecule has 0 saturated carbocycles. The van der Waals surface area contributed by atoms with Gasteiger partial charge in [-0.3, -0.25) is 18.6 Å². The smallest absolute Gasteiger partial charge is 0.463 e. The van der Waals surface area contributed by atoms with Gasteiger partial charge in [-0.25, -0.2) is 4.57 Å². The molecule has 51 heavy (non-hydrogen) atoms. The molecule has 0 radical (unpaired) electrons. The van der Waals surface area contributed by atoms with Crippen LogP contribution in [-0.2, 0) is 27.9 Å². The van der Waals surface area contributed by atoms with E-state index in [1.807, 2.05) is 0 Å². The maximum Gasteiger partial charge on any atom is 0.472 e. The number of esters is 1. The average molecular weight is 736 g/mol. The quantitative estimate of drug-likeness (QED) is 0.0254. The Kier molecular flexibility index (Phi) is 35.4. The van der Waals surface area contributed by atoms with E-state index in [-0.39, 0.29) is 32.1 Å². The zero-order valence-electron chi connectivity index (χ0n) is 31.8. The largest absolute Gasteiger partial charge is 0.472 e. The predicted octanol–water partition coefficient (Wildman–Crippen LogP) is 10.3. The number of amides is 1. The molecule has 0 aliphatic rings. The van der Waals surface area contributed by atoms with Crippen LogP contribution in [0.5, 0.6) is 0 Å². The summed E-state index contributed by atoms with van der Waals surface area (Å²) in [7, 11) is -4.43. The van der Waals surface area contributed by atoms with Gasteiger partial charge in [0.15, 0.2) is 0 Å². The Balaban J connectivity index is 3.69. The highest BCUT2D eigenvalue weighted by atomic mass is 31.2. The summed E-state index contributed by atoms with van der Waals surface area (Å²) in [6.45, 7) is 3.26. The Morgan fingerprint density at radius 3 is 1.59 bits per heavy atom. The second-order valence-corrected chi connectivity index (χ2v) is 13.9. The molecular weight excluding hydrogens is 665 g/mol. The van der Waals surface area contributed by atoms with Crippen molar-refractivity contribution in [2.75, 3.05) is 26.4 Å². The minimum atomic E-state index is -4.43. The molecule has 0 fully saturated rings. The van der Waals surface area contributed by atoms with Gasteiger partial charge in [0.25, 0.3) is 0 Å². The summed E-state index contributed by atoms with van der Waals surface area (Å²) in [5, 5.41) is 12.6. The van der Waals surface area contributed by atoms with Crippen molar-refractivity contribution in [1.82, 2.24) is 5.32 Å². The molecule has 2 atom stereocenters. The first-order chi connectivity index (χ1) is 24.8. The number of rotatable bonds is 35. The fraction of sp³-hybridized carbons (Fsp3) is 0.659. The van der Waals surface area contributed by atoms with Crippen molar-refractivity contribution >= 4 is 19.7 Å². The van der Waals surface area contributed by atoms with Crippen molar-refractivity contribution in [2.45, 2.75) is 148 Å². The van der Waals surface area contributed by atoms with E-state index in [2.05, 4.69) is 92.1 Å². The standard InChI is InChI=1S/C41H70NO8P/c1-3-5-7-9-11-13-15-17-19-21-23-25-27-29-31-33-40(44)42-35-36-49-51(46,47)50-38-39(43)37-48-41(45)34-32-30-28-26-24-22-20-18-16-14-12-10-8-6-4-2/h5-8,11-14,17-20,39,43H,3-4,9-10,15-16,21-38H2,1-2H3,(H,42,44)(H,46,47)/b7-5-,8-6-,13-11-,14-12-,19-17-,20-18-. The van der Waals surface area contributed by atoms with Crippen LogP contribution in [0.2, 0.25) is 0 Å². The van der Waals surface area contributed by atoms with Gasteiger partial charge in [0.05, 0.1) is 13.2 Å². The van der Waals surface area contributed by atoms with Crippen molar-refractivity contribution in [3.8, 4) is 0 Å². The van der Waals surface area contributed by atoms with E-state index in [1.54, 1.807) is 0 Å². The van der Waals surface area contributed by atoms with Crippen LogP contribution < -0.4 is 5.32 Å². The molecule has 0 saturated heterocycles. The number of phosphoric ester groups is 1. The molecule has 292 valence electrons. The Morgan fingerprint density at radius 2 is 1.06 bits per heavy atom. The molecule has 0 heterocycles. The molecule has 0 rings (SSSR count). The number of carbonyl (C=O) groups is 2. The first kappa shape index (κ1) is 48.5. The SMILES string of the molecule is CC/C=C\C/C=C\C/C=C\CCCCCCCC(=O)NCCOP(=O)(O)OCC(O)COC(=O)CCCCCCC/C=C\C/C=C\C/C=C\CC. The number of aliphatic hydroxyl groups excluding tert-OH is 1. The van der Waals surface area contributed by atoms with Crippen LogP contribution in [0.4, 0.5) is 0 Å². The molecule has 0 aromatic heterocycles. The van der Waals surface area contributed by atoms with Crippen molar-refractivity contribution in [1.29, 1.82) is 0 Å². The van der Waals surface area contributed by atoms with Crippen LogP contribution in [-0.4, -0.2) is 54.3 Å². The van der Waals surface area contributed by atoms with Crippen LogP contribution in [0.25, 0.3) is 0 Å². The van der Waals surface area contributed by atoms with Crippen LogP contribution in [0.1, 0.15) is 142 Å². The van der Waals surface area contributed by atoms with E-state index in [1.165, 1.54) is 0 Å². The highest BCUT2D eigenvalue weighted by Gasteiger charge is 2.23. The van der Waals surface area contributed by atoms with Crippen LogP contribution in [0.15, 0.2) is 72.9 Å². The van der Waals surface area contributed by atoms with E-state index in [0.717, 1.165) is 109 Å². The third kappa shape index (κ3) is 38.5. The molecule has 0 bridgehead atoms. The Bertz CT molecular complexity index is 1070. The lowest BCUT2D eigenvalue weighted by atomic mass is 10.1. The van der Waals surface area contributed by atoms with E-state index in [4.69, 9.17) is 13.8 Å². The zero-order valence-corrected chi connectivity index (χ0v) is 32.7. The summed E-state index contributed by atoms with van der Waals surface area (Å²) in [6.07, 6.45) is 44.0.